The third kappa shape index (κ3) is 3.40. The summed E-state index contributed by atoms with van der Waals surface area (Å²) in [6.45, 7) is 3.02. The number of Topliss-reactive ketones (excluding diaryl/α,β-unsaturated/α-hetero) is 1. The van der Waals surface area contributed by atoms with Crippen LogP contribution in [-0.2, 0) is 21.3 Å². The van der Waals surface area contributed by atoms with E-state index in [1.807, 2.05) is 0 Å². The summed E-state index contributed by atoms with van der Waals surface area (Å²) in [5.74, 6) is -0.927. The maximum absolute atomic E-state index is 13.2. The zero-order chi connectivity index (χ0) is 19.7. The Balaban J connectivity index is 2.15. The molecule has 1 aliphatic rings. The topological polar surface area (TPSA) is 90.7 Å². The fourth-order valence-electron chi connectivity index (χ4n) is 3.12. The fourth-order valence-corrected chi connectivity index (χ4v) is 3.29. The minimum atomic E-state index is -1.15. The predicted molar refractivity (Wildman–Crippen MR) is 96.8 cm³/mol. The van der Waals surface area contributed by atoms with Crippen molar-refractivity contribution in [1.29, 1.82) is 0 Å². The van der Waals surface area contributed by atoms with Crippen LogP contribution in [0.4, 0.5) is 10.5 Å². The van der Waals surface area contributed by atoms with Crippen molar-refractivity contribution in [2.24, 2.45) is 7.05 Å². The zero-order valence-electron chi connectivity index (χ0n) is 15.0. The summed E-state index contributed by atoms with van der Waals surface area (Å²) in [7, 11) is 1.66. The quantitative estimate of drug-likeness (QED) is 0.588. The van der Waals surface area contributed by atoms with Crippen molar-refractivity contribution in [1.82, 2.24) is 9.55 Å². The third-order valence-corrected chi connectivity index (χ3v) is 4.43. The first-order chi connectivity index (χ1) is 12.8. The molecule has 2 heterocycles. The molecule has 2 atom stereocenters. The lowest BCUT2D eigenvalue weighted by atomic mass is 10.0. The summed E-state index contributed by atoms with van der Waals surface area (Å²) >= 11 is 6.09. The Labute approximate surface area is 160 Å². The molecule has 2 unspecified atom stereocenters. The van der Waals surface area contributed by atoms with Gasteiger partial charge in [0.2, 0.25) is 5.78 Å². The standard InChI is InChI=1S/C18H18ClN3O5/c1-4-26-18(25)22-13-9-11(19)5-6-12(13)16(27-10(2)23)14(22)15(24)17-20-7-8-21(17)3/h5-9,14,16H,4H2,1-3H3. The number of nitrogens with zero attached hydrogens (tertiary/aromatic N) is 3. The van der Waals surface area contributed by atoms with Gasteiger partial charge in [-0.05, 0) is 19.1 Å². The average molecular weight is 392 g/mol. The molecule has 27 heavy (non-hydrogen) atoms. The van der Waals surface area contributed by atoms with E-state index in [9.17, 15) is 14.4 Å². The highest BCUT2D eigenvalue weighted by molar-refractivity contribution is 6.31. The number of hydrogen-bond acceptors (Lipinski definition) is 6. The van der Waals surface area contributed by atoms with Crippen LogP contribution < -0.4 is 4.90 Å². The van der Waals surface area contributed by atoms with Crippen LogP contribution in [0.1, 0.15) is 36.1 Å². The Morgan fingerprint density at radius 1 is 1.30 bits per heavy atom. The predicted octanol–water partition coefficient (Wildman–Crippen LogP) is 2.91. The number of anilines is 1. The number of esters is 1. The highest BCUT2D eigenvalue weighted by atomic mass is 35.5. The highest BCUT2D eigenvalue weighted by Crippen LogP contribution is 2.44. The van der Waals surface area contributed by atoms with Gasteiger partial charge in [-0.25, -0.2) is 9.78 Å². The Kier molecular flexibility index (Phi) is 5.18. The van der Waals surface area contributed by atoms with Crippen molar-refractivity contribution in [3.63, 3.8) is 0 Å². The van der Waals surface area contributed by atoms with E-state index in [-0.39, 0.29) is 12.4 Å². The number of aryl methyl sites for hydroxylation is 1. The normalized spacial score (nSPS) is 18.1. The second-order valence-corrected chi connectivity index (χ2v) is 6.41. The molecule has 142 valence electrons. The minimum absolute atomic E-state index is 0.118. The molecule has 1 aliphatic heterocycles. The van der Waals surface area contributed by atoms with Crippen molar-refractivity contribution in [2.45, 2.75) is 26.0 Å². The van der Waals surface area contributed by atoms with Crippen LogP contribution in [0.25, 0.3) is 0 Å². The Morgan fingerprint density at radius 3 is 2.63 bits per heavy atom. The number of amides is 1. The highest BCUT2D eigenvalue weighted by Gasteiger charge is 2.49. The van der Waals surface area contributed by atoms with Crippen molar-refractivity contribution in [3.05, 3.63) is 47.0 Å². The second-order valence-electron chi connectivity index (χ2n) is 5.97. The van der Waals surface area contributed by atoms with E-state index in [1.54, 1.807) is 32.3 Å². The van der Waals surface area contributed by atoms with E-state index in [2.05, 4.69) is 4.98 Å². The SMILES string of the molecule is CCOC(=O)N1c2cc(Cl)ccc2C(OC(C)=O)C1C(=O)c1nccn1C. The van der Waals surface area contributed by atoms with Crippen molar-refractivity contribution in [3.8, 4) is 0 Å². The summed E-state index contributed by atoms with van der Waals surface area (Å²) in [5.41, 5.74) is 0.856. The lowest BCUT2D eigenvalue weighted by Gasteiger charge is -2.26. The summed E-state index contributed by atoms with van der Waals surface area (Å²) in [5, 5.41) is 0.370. The first kappa shape index (κ1) is 18.9. The van der Waals surface area contributed by atoms with Gasteiger partial charge in [-0.2, -0.15) is 0 Å². The maximum Gasteiger partial charge on any atom is 0.415 e. The van der Waals surface area contributed by atoms with Crippen LogP contribution in [0.15, 0.2) is 30.6 Å². The van der Waals surface area contributed by atoms with Crippen LogP contribution in [0, 0.1) is 0 Å². The zero-order valence-corrected chi connectivity index (χ0v) is 15.8. The summed E-state index contributed by atoms with van der Waals surface area (Å²) < 4.78 is 12.1. The molecule has 0 radical (unpaired) electrons. The first-order valence-electron chi connectivity index (χ1n) is 8.29. The maximum atomic E-state index is 13.2. The number of ketones is 1. The third-order valence-electron chi connectivity index (χ3n) is 4.19. The number of carbonyl (C=O) groups excluding carboxylic acids is 3. The largest absolute Gasteiger partial charge is 0.455 e. The molecular formula is C18H18ClN3O5. The van der Waals surface area contributed by atoms with Crippen molar-refractivity contribution in [2.75, 3.05) is 11.5 Å². The monoisotopic (exact) mass is 391 g/mol. The molecule has 0 fully saturated rings. The van der Waals surface area contributed by atoms with Gasteiger partial charge in [0.05, 0.1) is 12.3 Å². The molecule has 0 saturated heterocycles. The summed E-state index contributed by atoms with van der Waals surface area (Å²) in [6.07, 6.45) is 1.36. The van der Waals surface area contributed by atoms with Crippen LogP contribution in [0.3, 0.4) is 0 Å². The van der Waals surface area contributed by atoms with E-state index in [1.165, 1.54) is 28.7 Å². The number of carbonyl (C=O) groups is 3. The number of fused-ring (bicyclic) bond motifs is 1. The number of hydrogen-bond donors (Lipinski definition) is 0. The van der Waals surface area contributed by atoms with Crippen LogP contribution in [0.5, 0.6) is 0 Å². The van der Waals surface area contributed by atoms with E-state index >= 15 is 0 Å². The van der Waals surface area contributed by atoms with Gasteiger partial charge in [-0.3, -0.25) is 14.5 Å². The molecule has 1 amide bonds. The lowest BCUT2D eigenvalue weighted by molar-refractivity contribution is -0.146. The van der Waals surface area contributed by atoms with Crippen LogP contribution in [-0.4, -0.2) is 40.0 Å². The van der Waals surface area contributed by atoms with Gasteiger partial charge in [0.15, 0.2) is 11.9 Å². The summed E-state index contributed by atoms with van der Waals surface area (Å²) in [6, 6.07) is 3.62. The van der Waals surface area contributed by atoms with E-state index < -0.39 is 30.0 Å². The molecule has 8 nitrogen and oxygen atoms in total. The number of imidazole rings is 1. The molecule has 0 saturated carbocycles. The van der Waals surface area contributed by atoms with Crippen molar-refractivity contribution >= 4 is 35.1 Å². The fraction of sp³-hybridized carbons (Fsp3) is 0.333. The van der Waals surface area contributed by atoms with Crippen LogP contribution >= 0.6 is 11.6 Å². The molecule has 0 bridgehead atoms. The average Bonchev–Trinajstić information content (AvgIpc) is 3.15. The molecule has 0 aliphatic carbocycles. The van der Waals surface area contributed by atoms with Gasteiger partial charge < -0.3 is 14.0 Å². The number of benzene rings is 1. The summed E-state index contributed by atoms with van der Waals surface area (Å²) in [4.78, 5) is 42.8. The molecule has 1 aromatic heterocycles. The minimum Gasteiger partial charge on any atom is -0.455 e. The Bertz CT molecular complexity index is 910. The molecule has 0 N–H and O–H groups in total. The van der Waals surface area contributed by atoms with Crippen molar-refractivity contribution < 1.29 is 23.9 Å². The molecule has 1 aromatic carbocycles. The van der Waals surface area contributed by atoms with Gasteiger partial charge in [-0.1, -0.05) is 17.7 Å². The number of aromatic nitrogens is 2. The molecule has 0 spiro atoms. The Morgan fingerprint density at radius 2 is 2.04 bits per heavy atom. The van der Waals surface area contributed by atoms with E-state index in [4.69, 9.17) is 21.1 Å². The van der Waals surface area contributed by atoms with Gasteiger partial charge in [0, 0.05) is 37.0 Å². The van der Waals surface area contributed by atoms with Gasteiger partial charge in [-0.15, -0.1) is 0 Å². The molecule has 9 heteroatoms. The number of halogens is 1. The van der Waals surface area contributed by atoms with Crippen LogP contribution in [0.2, 0.25) is 5.02 Å². The first-order valence-corrected chi connectivity index (χ1v) is 8.67. The number of rotatable bonds is 4. The molecule has 3 rings (SSSR count). The van der Waals surface area contributed by atoms with E-state index in [0.717, 1.165) is 0 Å². The van der Waals surface area contributed by atoms with E-state index in [0.29, 0.717) is 16.3 Å². The molecule has 2 aromatic rings. The van der Waals surface area contributed by atoms with Gasteiger partial charge >= 0.3 is 12.1 Å². The second kappa shape index (κ2) is 7.40. The Hall–Kier alpha value is -2.87. The lowest BCUT2D eigenvalue weighted by Crippen LogP contribution is -2.46. The van der Waals surface area contributed by atoms with Gasteiger partial charge in [0.1, 0.15) is 6.04 Å². The molecular weight excluding hydrogens is 374 g/mol. The number of ether oxygens (including phenoxy) is 2. The smallest absolute Gasteiger partial charge is 0.415 e. The van der Waals surface area contributed by atoms with Gasteiger partial charge in [0.25, 0.3) is 0 Å².